The molecule has 2 nitrogen and oxygen atoms in total. The fourth-order valence-electron chi connectivity index (χ4n) is 2.28. The molecule has 0 saturated heterocycles. The summed E-state index contributed by atoms with van der Waals surface area (Å²) >= 11 is 0. The van der Waals surface area contributed by atoms with Gasteiger partial charge in [0.25, 0.3) is 0 Å². The zero-order valence-electron chi connectivity index (χ0n) is 10.7. The molecule has 0 bridgehead atoms. The van der Waals surface area contributed by atoms with Crippen LogP contribution in [0.3, 0.4) is 0 Å². The van der Waals surface area contributed by atoms with Crippen LogP contribution in [0.25, 0.3) is 0 Å². The molecule has 90 valence electrons. The maximum Gasteiger partial charge on any atom is 0.0746 e. The number of hydrogen-bond donors (Lipinski definition) is 2. The van der Waals surface area contributed by atoms with Gasteiger partial charge in [-0.2, -0.15) is 0 Å². The maximum absolute atomic E-state index is 10.1. The van der Waals surface area contributed by atoms with Gasteiger partial charge in [0, 0.05) is 12.6 Å². The molecule has 1 aliphatic carbocycles. The van der Waals surface area contributed by atoms with Crippen molar-refractivity contribution in [1.29, 1.82) is 0 Å². The molecule has 0 heterocycles. The molecule has 0 aliphatic heterocycles. The van der Waals surface area contributed by atoms with Gasteiger partial charge in [0.2, 0.25) is 0 Å². The summed E-state index contributed by atoms with van der Waals surface area (Å²) in [7, 11) is 0. The Balaban J connectivity index is 2.15. The Hall–Kier alpha value is -0.0800. The van der Waals surface area contributed by atoms with Gasteiger partial charge in [-0.1, -0.05) is 26.7 Å². The highest BCUT2D eigenvalue weighted by molar-refractivity contribution is 4.82. The van der Waals surface area contributed by atoms with Crippen molar-refractivity contribution in [3.8, 4) is 0 Å². The number of nitrogens with one attached hydrogen (secondary N) is 1. The molecule has 2 heteroatoms. The van der Waals surface area contributed by atoms with Crippen LogP contribution in [0.15, 0.2) is 0 Å². The van der Waals surface area contributed by atoms with Gasteiger partial charge >= 0.3 is 0 Å². The highest BCUT2D eigenvalue weighted by atomic mass is 16.3. The highest BCUT2D eigenvalue weighted by Crippen LogP contribution is 2.33. The van der Waals surface area contributed by atoms with E-state index in [1.807, 2.05) is 6.92 Å². The Morgan fingerprint density at radius 3 is 2.40 bits per heavy atom. The van der Waals surface area contributed by atoms with E-state index in [2.05, 4.69) is 26.1 Å². The molecule has 0 aromatic rings. The quantitative estimate of drug-likeness (QED) is 0.681. The lowest BCUT2D eigenvalue weighted by atomic mass is 9.94. The first-order chi connectivity index (χ1) is 6.89. The summed E-state index contributed by atoms with van der Waals surface area (Å²) in [5.74, 6) is 1.52. The topological polar surface area (TPSA) is 32.3 Å². The summed E-state index contributed by atoms with van der Waals surface area (Å²) < 4.78 is 0. The van der Waals surface area contributed by atoms with Crippen LogP contribution in [0.2, 0.25) is 0 Å². The minimum absolute atomic E-state index is 0.550. The van der Waals surface area contributed by atoms with Gasteiger partial charge in [0.1, 0.15) is 0 Å². The van der Waals surface area contributed by atoms with E-state index in [-0.39, 0.29) is 0 Å². The molecule has 0 amide bonds. The third-order valence-corrected chi connectivity index (χ3v) is 3.06. The lowest BCUT2D eigenvalue weighted by Gasteiger charge is -2.27. The van der Waals surface area contributed by atoms with E-state index in [1.54, 1.807) is 0 Å². The second-order valence-electron chi connectivity index (χ2n) is 6.06. The zero-order valence-corrected chi connectivity index (χ0v) is 10.7. The Kier molecular flexibility index (Phi) is 4.60. The van der Waals surface area contributed by atoms with Gasteiger partial charge in [-0.15, -0.1) is 0 Å². The van der Waals surface area contributed by atoms with Crippen molar-refractivity contribution in [1.82, 2.24) is 5.32 Å². The van der Waals surface area contributed by atoms with Crippen LogP contribution >= 0.6 is 0 Å². The monoisotopic (exact) mass is 213 g/mol. The van der Waals surface area contributed by atoms with E-state index < -0.39 is 5.60 Å². The Morgan fingerprint density at radius 2 is 1.93 bits per heavy atom. The fraction of sp³-hybridized carbons (Fsp3) is 1.00. The highest BCUT2D eigenvalue weighted by Gasteiger charge is 2.26. The SMILES string of the molecule is CC(C)CC(C)(O)CNC(C)CC1CC1. The predicted molar refractivity (Wildman–Crippen MR) is 64.9 cm³/mol. The average molecular weight is 213 g/mol. The molecule has 1 fully saturated rings. The van der Waals surface area contributed by atoms with Gasteiger partial charge in [-0.25, -0.2) is 0 Å². The van der Waals surface area contributed by atoms with E-state index in [1.165, 1.54) is 19.3 Å². The first-order valence-electron chi connectivity index (χ1n) is 6.35. The Labute approximate surface area is 94.5 Å². The van der Waals surface area contributed by atoms with Crippen LogP contribution in [0, 0.1) is 11.8 Å². The van der Waals surface area contributed by atoms with Crippen LogP contribution < -0.4 is 5.32 Å². The van der Waals surface area contributed by atoms with E-state index in [9.17, 15) is 5.11 Å². The Morgan fingerprint density at radius 1 is 1.33 bits per heavy atom. The average Bonchev–Trinajstić information content (AvgIpc) is 2.82. The smallest absolute Gasteiger partial charge is 0.0746 e. The van der Waals surface area contributed by atoms with Crippen molar-refractivity contribution in [2.45, 2.75) is 65.0 Å². The maximum atomic E-state index is 10.1. The second-order valence-corrected chi connectivity index (χ2v) is 6.06. The van der Waals surface area contributed by atoms with E-state index in [0.29, 0.717) is 12.0 Å². The van der Waals surface area contributed by atoms with Crippen molar-refractivity contribution in [3.05, 3.63) is 0 Å². The minimum Gasteiger partial charge on any atom is -0.389 e. The van der Waals surface area contributed by atoms with Crippen LogP contribution in [0.4, 0.5) is 0 Å². The summed E-state index contributed by atoms with van der Waals surface area (Å²) in [4.78, 5) is 0. The third-order valence-electron chi connectivity index (χ3n) is 3.06. The van der Waals surface area contributed by atoms with E-state index >= 15 is 0 Å². The standard InChI is InChI=1S/C13H27NO/c1-10(2)8-13(4,15)9-14-11(3)7-12-5-6-12/h10-12,14-15H,5-9H2,1-4H3. The molecule has 2 atom stereocenters. The largest absolute Gasteiger partial charge is 0.389 e. The molecule has 0 aromatic heterocycles. The van der Waals surface area contributed by atoms with Crippen LogP contribution in [0.5, 0.6) is 0 Å². The predicted octanol–water partition coefficient (Wildman–Crippen LogP) is 2.56. The summed E-state index contributed by atoms with van der Waals surface area (Å²) in [6.07, 6.45) is 4.97. The van der Waals surface area contributed by atoms with E-state index in [0.717, 1.165) is 18.9 Å². The number of rotatable bonds is 7. The molecule has 2 N–H and O–H groups in total. The second kappa shape index (κ2) is 5.31. The summed E-state index contributed by atoms with van der Waals surface area (Å²) in [6.45, 7) is 9.19. The third kappa shape index (κ3) is 6.16. The molecule has 1 saturated carbocycles. The van der Waals surface area contributed by atoms with Crippen molar-refractivity contribution in [3.63, 3.8) is 0 Å². The van der Waals surface area contributed by atoms with Crippen LogP contribution in [-0.4, -0.2) is 23.3 Å². The van der Waals surface area contributed by atoms with Crippen LogP contribution in [-0.2, 0) is 0 Å². The van der Waals surface area contributed by atoms with Crippen molar-refractivity contribution in [2.24, 2.45) is 11.8 Å². The first-order valence-corrected chi connectivity index (χ1v) is 6.35. The molecule has 1 rings (SSSR count). The minimum atomic E-state index is -0.550. The van der Waals surface area contributed by atoms with Crippen molar-refractivity contribution in [2.75, 3.05) is 6.54 Å². The first kappa shape index (κ1) is 13.0. The fourth-order valence-corrected chi connectivity index (χ4v) is 2.28. The number of aliphatic hydroxyl groups is 1. The molecule has 2 unspecified atom stereocenters. The normalized spacial score (nSPS) is 22.8. The van der Waals surface area contributed by atoms with Crippen molar-refractivity contribution < 1.29 is 5.11 Å². The lowest BCUT2D eigenvalue weighted by Crippen LogP contribution is -2.42. The molecule has 1 aliphatic rings. The van der Waals surface area contributed by atoms with Gasteiger partial charge in [-0.05, 0) is 38.5 Å². The van der Waals surface area contributed by atoms with Gasteiger partial charge < -0.3 is 10.4 Å². The van der Waals surface area contributed by atoms with E-state index in [4.69, 9.17) is 0 Å². The molecule has 15 heavy (non-hydrogen) atoms. The van der Waals surface area contributed by atoms with Crippen molar-refractivity contribution >= 4 is 0 Å². The lowest BCUT2D eigenvalue weighted by molar-refractivity contribution is 0.0360. The summed E-state index contributed by atoms with van der Waals surface area (Å²) in [5.41, 5.74) is -0.550. The van der Waals surface area contributed by atoms with Gasteiger partial charge in [-0.3, -0.25) is 0 Å². The summed E-state index contributed by atoms with van der Waals surface area (Å²) in [6, 6.07) is 0.552. The Bertz CT molecular complexity index is 185. The van der Waals surface area contributed by atoms with Gasteiger partial charge in [0.15, 0.2) is 0 Å². The molecule has 0 radical (unpaired) electrons. The molecular formula is C13H27NO. The van der Waals surface area contributed by atoms with Crippen LogP contribution in [0.1, 0.15) is 53.4 Å². The summed E-state index contributed by atoms with van der Waals surface area (Å²) in [5, 5.41) is 13.6. The molecule has 0 aromatic carbocycles. The number of hydrogen-bond acceptors (Lipinski definition) is 2. The van der Waals surface area contributed by atoms with Gasteiger partial charge in [0.05, 0.1) is 5.60 Å². The molecule has 0 spiro atoms. The zero-order chi connectivity index (χ0) is 11.5. The molecular weight excluding hydrogens is 186 g/mol.